The maximum absolute atomic E-state index is 12.1. The molecule has 0 saturated heterocycles. The number of pyridine rings is 1. The van der Waals surface area contributed by atoms with Gasteiger partial charge in [0, 0.05) is 12.2 Å². The molecular weight excluding hydrogens is 248 g/mol. The molecule has 1 fully saturated rings. The summed E-state index contributed by atoms with van der Waals surface area (Å²) in [5.41, 5.74) is 0.470. The summed E-state index contributed by atoms with van der Waals surface area (Å²) >= 11 is 5.92. The van der Waals surface area contributed by atoms with Crippen molar-refractivity contribution in [1.82, 2.24) is 10.3 Å². The van der Waals surface area contributed by atoms with Crippen molar-refractivity contribution in [2.45, 2.75) is 45.1 Å². The third kappa shape index (κ3) is 3.22. The molecule has 0 aliphatic heterocycles. The first-order chi connectivity index (χ1) is 8.70. The maximum atomic E-state index is 12.1. The quantitative estimate of drug-likeness (QED) is 0.852. The molecule has 0 bridgehead atoms. The number of hydrogen-bond donors (Lipinski definition) is 1. The first kappa shape index (κ1) is 13.3. The highest BCUT2D eigenvalue weighted by Gasteiger charge is 2.23. The van der Waals surface area contributed by atoms with Crippen LogP contribution in [0.4, 0.5) is 0 Å². The SMILES string of the molecule is CCC1CCCC(NC(=O)c2cccnc2Cl)C1. The summed E-state index contributed by atoms with van der Waals surface area (Å²) in [6.07, 6.45) is 7.42. The first-order valence-corrected chi connectivity index (χ1v) is 7.00. The van der Waals surface area contributed by atoms with Gasteiger partial charge in [-0.05, 0) is 30.9 Å². The van der Waals surface area contributed by atoms with Crippen LogP contribution in [0.3, 0.4) is 0 Å². The summed E-state index contributed by atoms with van der Waals surface area (Å²) in [6, 6.07) is 3.73. The molecule has 1 aliphatic rings. The predicted molar refractivity (Wildman–Crippen MR) is 72.8 cm³/mol. The lowest BCUT2D eigenvalue weighted by Crippen LogP contribution is -2.38. The van der Waals surface area contributed by atoms with Gasteiger partial charge in [-0.2, -0.15) is 0 Å². The van der Waals surface area contributed by atoms with Gasteiger partial charge in [-0.3, -0.25) is 4.79 Å². The lowest BCUT2D eigenvalue weighted by Gasteiger charge is -2.29. The Morgan fingerprint density at radius 2 is 2.39 bits per heavy atom. The fourth-order valence-corrected chi connectivity index (χ4v) is 2.82. The van der Waals surface area contributed by atoms with Gasteiger partial charge in [0.2, 0.25) is 0 Å². The van der Waals surface area contributed by atoms with E-state index in [1.807, 2.05) is 0 Å². The fourth-order valence-electron chi connectivity index (χ4n) is 2.61. The number of carbonyl (C=O) groups excluding carboxylic acids is 1. The van der Waals surface area contributed by atoms with Crippen molar-refractivity contribution in [3.05, 3.63) is 29.0 Å². The number of aromatic nitrogens is 1. The van der Waals surface area contributed by atoms with Gasteiger partial charge in [0.1, 0.15) is 5.15 Å². The van der Waals surface area contributed by atoms with E-state index in [0.717, 1.165) is 18.8 Å². The Morgan fingerprint density at radius 1 is 1.56 bits per heavy atom. The lowest BCUT2D eigenvalue weighted by molar-refractivity contribution is 0.0919. The summed E-state index contributed by atoms with van der Waals surface area (Å²) in [7, 11) is 0. The summed E-state index contributed by atoms with van der Waals surface area (Å²) < 4.78 is 0. The van der Waals surface area contributed by atoms with Crippen LogP contribution in [0.25, 0.3) is 0 Å². The second-order valence-corrected chi connectivity index (χ2v) is 5.31. The number of nitrogens with one attached hydrogen (secondary N) is 1. The topological polar surface area (TPSA) is 42.0 Å². The van der Waals surface area contributed by atoms with Gasteiger partial charge in [0.15, 0.2) is 0 Å². The average molecular weight is 267 g/mol. The van der Waals surface area contributed by atoms with Gasteiger partial charge < -0.3 is 5.32 Å². The third-order valence-electron chi connectivity index (χ3n) is 3.70. The molecule has 0 radical (unpaired) electrons. The molecule has 2 atom stereocenters. The van der Waals surface area contributed by atoms with Crippen LogP contribution < -0.4 is 5.32 Å². The van der Waals surface area contributed by atoms with E-state index >= 15 is 0 Å². The minimum Gasteiger partial charge on any atom is -0.349 e. The largest absolute Gasteiger partial charge is 0.349 e. The summed E-state index contributed by atoms with van der Waals surface area (Å²) in [6.45, 7) is 2.22. The van der Waals surface area contributed by atoms with Crippen molar-refractivity contribution < 1.29 is 4.79 Å². The molecule has 1 saturated carbocycles. The van der Waals surface area contributed by atoms with Gasteiger partial charge >= 0.3 is 0 Å². The van der Waals surface area contributed by atoms with E-state index in [0.29, 0.717) is 5.56 Å². The van der Waals surface area contributed by atoms with Gasteiger partial charge in [-0.1, -0.05) is 37.8 Å². The number of amides is 1. The third-order valence-corrected chi connectivity index (χ3v) is 4.00. The van der Waals surface area contributed by atoms with E-state index in [2.05, 4.69) is 17.2 Å². The normalized spacial score (nSPS) is 23.7. The maximum Gasteiger partial charge on any atom is 0.254 e. The molecule has 1 aromatic heterocycles. The van der Waals surface area contributed by atoms with E-state index in [1.165, 1.54) is 19.3 Å². The van der Waals surface area contributed by atoms with Crippen LogP contribution >= 0.6 is 11.6 Å². The number of nitrogens with zero attached hydrogens (tertiary/aromatic N) is 1. The van der Waals surface area contributed by atoms with Crippen molar-refractivity contribution in [2.24, 2.45) is 5.92 Å². The smallest absolute Gasteiger partial charge is 0.254 e. The molecule has 3 nitrogen and oxygen atoms in total. The minimum absolute atomic E-state index is 0.102. The second-order valence-electron chi connectivity index (χ2n) is 4.95. The Hall–Kier alpha value is -1.09. The molecule has 1 aromatic rings. The van der Waals surface area contributed by atoms with Crippen LogP contribution in [0.1, 0.15) is 49.4 Å². The zero-order valence-corrected chi connectivity index (χ0v) is 11.4. The van der Waals surface area contributed by atoms with E-state index in [1.54, 1.807) is 18.3 Å². The standard InChI is InChI=1S/C14H19ClN2O/c1-2-10-5-3-6-11(9-10)17-14(18)12-7-4-8-16-13(12)15/h4,7-8,10-11H,2-3,5-6,9H2,1H3,(H,17,18). The van der Waals surface area contributed by atoms with Gasteiger partial charge in [-0.15, -0.1) is 0 Å². The molecule has 18 heavy (non-hydrogen) atoms. The molecule has 0 aromatic carbocycles. The number of carbonyl (C=O) groups is 1. The van der Waals surface area contributed by atoms with E-state index < -0.39 is 0 Å². The van der Waals surface area contributed by atoms with Crippen LogP contribution in [0, 0.1) is 5.92 Å². The Labute approximate surface area is 113 Å². The molecule has 1 aliphatic carbocycles. The highest BCUT2D eigenvalue weighted by atomic mass is 35.5. The van der Waals surface area contributed by atoms with Crippen LogP contribution in [0.5, 0.6) is 0 Å². The zero-order valence-electron chi connectivity index (χ0n) is 10.7. The molecule has 98 valence electrons. The van der Waals surface area contributed by atoms with E-state index in [9.17, 15) is 4.79 Å². The van der Waals surface area contributed by atoms with Crippen molar-refractivity contribution in [3.63, 3.8) is 0 Å². The van der Waals surface area contributed by atoms with Crippen LogP contribution in [0.2, 0.25) is 5.15 Å². The van der Waals surface area contributed by atoms with Crippen LogP contribution in [-0.2, 0) is 0 Å². The number of rotatable bonds is 3. The van der Waals surface area contributed by atoms with E-state index in [4.69, 9.17) is 11.6 Å². The van der Waals surface area contributed by atoms with Crippen molar-refractivity contribution in [2.75, 3.05) is 0 Å². The fraction of sp³-hybridized carbons (Fsp3) is 0.571. The Kier molecular flexibility index (Phi) is 4.59. The Morgan fingerprint density at radius 3 is 3.11 bits per heavy atom. The molecule has 2 rings (SSSR count). The van der Waals surface area contributed by atoms with Gasteiger partial charge in [0.25, 0.3) is 5.91 Å². The van der Waals surface area contributed by atoms with Crippen molar-refractivity contribution >= 4 is 17.5 Å². The molecule has 2 unspecified atom stereocenters. The van der Waals surface area contributed by atoms with Crippen molar-refractivity contribution in [3.8, 4) is 0 Å². The van der Waals surface area contributed by atoms with Crippen LogP contribution in [-0.4, -0.2) is 16.9 Å². The summed E-state index contributed by atoms with van der Waals surface area (Å²) in [4.78, 5) is 16.0. The zero-order chi connectivity index (χ0) is 13.0. The monoisotopic (exact) mass is 266 g/mol. The van der Waals surface area contributed by atoms with Crippen LogP contribution in [0.15, 0.2) is 18.3 Å². The number of hydrogen-bond acceptors (Lipinski definition) is 2. The Bertz CT molecular complexity index is 422. The molecule has 1 amide bonds. The molecule has 1 N–H and O–H groups in total. The molecular formula is C14H19ClN2O. The average Bonchev–Trinajstić information content (AvgIpc) is 2.39. The first-order valence-electron chi connectivity index (χ1n) is 6.62. The Balaban J connectivity index is 1.97. The lowest BCUT2D eigenvalue weighted by atomic mass is 9.84. The number of halogens is 1. The van der Waals surface area contributed by atoms with Crippen molar-refractivity contribution in [1.29, 1.82) is 0 Å². The highest BCUT2D eigenvalue weighted by Crippen LogP contribution is 2.26. The molecule has 0 spiro atoms. The highest BCUT2D eigenvalue weighted by molar-refractivity contribution is 6.32. The summed E-state index contributed by atoms with van der Waals surface area (Å²) in [5, 5.41) is 3.35. The predicted octanol–water partition coefficient (Wildman–Crippen LogP) is 3.43. The molecule has 4 heteroatoms. The second kappa shape index (κ2) is 6.19. The summed E-state index contributed by atoms with van der Waals surface area (Å²) in [5.74, 6) is 0.642. The minimum atomic E-state index is -0.102. The molecule has 1 heterocycles. The van der Waals surface area contributed by atoms with Gasteiger partial charge in [-0.25, -0.2) is 4.98 Å². The van der Waals surface area contributed by atoms with E-state index in [-0.39, 0.29) is 17.1 Å². The van der Waals surface area contributed by atoms with Gasteiger partial charge in [0.05, 0.1) is 5.56 Å².